The Hall–Kier alpha value is -4.64. The van der Waals surface area contributed by atoms with E-state index in [1.165, 1.54) is 12.1 Å². The maximum Gasteiger partial charge on any atom is 0.299 e. The predicted molar refractivity (Wildman–Crippen MR) is 166 cm³/mol. The SMILES string of the molecule is Cc1c(C)c(C)c(Nc2nc(Cl)nc(Nc3ccc(Nc4cc(Cl)c([N+](=O)[O-])cc4[N+](=O)[O-])cc3S(=O)(=O)O)n2)c(C)c1C. The van der Waals surface area contributed by atoms with Crippen molar-refractivity contribution in [3.63, 3.8) is 0 Å². The van der Waals surface area contributed by atoms with Gasteiger partial charge in [0.2, 0.25) is 17.2 Å². The molecule has 0 aliphatic heterocycles. The van der Waals surface area contributed by atoms with Crippen LogP contribution in [0.1, 0.15) is 27.8 Å². The summed E-state index contributed by atoms with van der Waals surface area (Å²) in [6.07, 6.45) is 0. The smallest absolute Gasteiger partial charge is 0.299 e. The minimum atomic E-state index is -4.89. The van der Waals surface area contributed by atoms with Gasteiger partial charge in [-0.15, -0.1) is 0 Å². The molecule has 15 nitrogen and oxygen atoms in total. The standard InChI is InChI=1S/C26H24Cl2N8O7S/c1-11-12(2)14(4)23(15(5)13(11)3)31-26-33-24(28)32-25(34-26)30-18-7-6-16(8-22(18)44(41,42)43)29-19-9-17(27)20(35(37)38)10-21(19)36(39)40/h6-10,29H,1-5H3,(H,41,42,43)(H2,30,31,32,33,34). The molecule has 0 unspecified atom stereocenters. The molecule has 4 aromatic rings. The molecule has 0 radical (unpaired) electrons. The Bertz CT molecular complexity index is 1940. The molecular formula is C26H24Cl2N8O7S. The van der Waals surface area contributed by atoms with Crippen LogP contribution in [-0.2, 0) is 10.1 Å². The lowest BCUT2D eigenvalue weighted by Crippen LogP contribution is -2.09. The van der Waals surface area contributed by atoms with Crippen molar-refractivity contribution in [2.24, 2.45) is 0 Å². The fourth-order valence-electron chi connectivity index (χ4n) is 4.40. The Labute approximate surface area is 260 Å². The molecule has 0 aliphatic carbocycles. The van der Waals surface area contributed by atoms with Crippen LogP contribution in [0.5, 0.6) is 0 Å². The molecule has 0 saturated carbocycles. The van der Waals surface area contributed by atoms with Crippen molar-refractivity contribution >= 4 is 79.3 Å². The Balaban J connectivity index is 1.71. The molecule has 44 heavy (non-hydrogen) atoms. The highest BCUT2D eigenvalue weighted by molar-refractivity contribution is 7.86. The molecule has 1 heterocycles. The second-order valence-electron chi connectivity index (χ2n) is 9.65. The summed E-state index contributed by atoms with van der Waals surface area (Å²) in [6, 6.07) is 5.16. The van der Waals surface area contributed by atoms with E-state index < -0.39 is 41.3 Å². The van der Waals surface area contributed by atoms with E-state index in [0.717, 1.165) is 45.6 Å². The van der Waals surface area contributed by atoms with Crippen molar-refractivity contribution in [2.75, 3.05) is 16.0 Å². The van der Waals surface area contributed by atoms with Gasteiger partial charge in [0, 0.05) is 11.4 Å². The maximum absolute atomic E-state index is 12.3. The Morgan fingerprint density at radius 3 is 1.82 bits per heavy atom. The molecule has 4 N–H and O–H groups in total. The van der Waals surface area contributed by atoms with Crippen LogP contribution in [0.2, 0.25) is 10.3 Å². The molecule has 0 bridgehead atoms. The van der Waals surface area contributed by atoms with Crippen molar-refractivity contribution in [3.8, 4) is 0 Å². The summed E-state index contributed by atoms with van der Waals surface area (Å²) in [5.74, 6) is -0.0952. The lowest BCUT2D eigenvalue weighted by molar-refractivity contribution is -0.393. The fourth-order valence-corrected chi connectivity index (χ4v) is 5.46. The number of aromatic nitrogens is 3. The lowest BCUT2D eigenvalue weighted by Gasteiger charge is -2.19. The number of hydrogen-bond acceptors (Lipinski definition) is 12. The molecule has 4 rings (SSSR count). The first-order valence-corrected chi connectivity index (χ1v) is 14.7. The number of nitro benzene ring substituents is 2. The highest BCUT2D eigenvalue weighted by Crippen LogP contribution is 2.38. The largest absolute Gasteiger partial charge is 0.350 e. The van der Waals surface area contributed by atoms with E-state index in [9.17, 15) is 33.2 Å². The van der Waals surface area contributed by atoms with E-state index in [0.29, 0.717) is 6.07 Å². The van der Waals surface area contributed by atoms with Crippen molar-refractivity contribution < 1.29 is 22.8 Å². The topological polar surface area (TPSA) is 215 Å². The summed E-state index contributed by atoms with van der Waals surface area (Å²) >= 11 is 12.1. The van der Waals surface area contributed by atoms with E-state index in [1.54, 1.807) is 0 Å². The maximum atomic E-state index is 12.3. The zero-order valence-electron chi connectivity index (χ0n) is 23.7. The Kier molecular flexibility index (Phi) is 8.92. The van der Waals surface area contributed by atoms with Crippen LogP contribution in [-0.4, -0.2) is 37.8 Å². The molecule has 230 valence electrons. The number of anilines is 6. The van der Waals surface area contributed by atoms with Gasteiger partial charge in [-0.2, -0.15) is 23.4 Å². The van der Waals surface area contributed by atoms with Gasteiger partial charge in [0.05, 0.1) is 21.6 Å². The molecule has 0 saturated heterocycles. The molecule has 0 amide bonds. The third kappa shape index (κ3) is 6.62. The number of hydrogen-bond donors (Lipinski definition) is 4. The molecule has 0 spiro atoms. The molecule has 0 fully saturated rings. The van der Waals surface area contributed by atoms with Gasteiger partial charge in [-0.3, -0.25) is 24.8 Å². The van der Waals surface area contributed by atoms with Gasteiger partial charge in [-0.05, 0) is 98.3 Å². The molecular weight excluding hydrogens is 639 g/mol. The molecule has 0 atom stereocenters. The minimum absolute atomic E-state index is 0.0386. The van der Waals surface area contributed by atoms with Gasteiger partial charge in [0.1, 0.15) is 15.6 Å². The summed E-state index contributed by atoms with van der Waals surface area (Å²) in [7, 11) is -4.89. The van der Waals surface area contributed by atoms with E-state index >= 15 is 0 Å². The van der Waals surface area contributed by atoms with Crippen molar-refractivity contribution in [1.29, 1.82) is 0 Å². The van der Waals surface area contributed by atoms with Crippen LogP contribution in [0.3, 0.4) is 0 Å². The lowest BCUT2D eigenvalue weighted by atomic mass is 9.93. The van der Waals surface area contributed by atoms with Crippen LogP contribution >= 0.6 is 23.2 Å². The Morgan fingerprint density at radius 2 is 1.27 bits per heavy atom. The number of nitrogens with one attached hydrogen (secondary N) is 3. The number of benzene rings is 3. The predicted octanol–water partition coefficient (Wildman–Crippen LogP) is 7.01. The zero-order valence-corrected chi connectivity index (χ0v) is 26.0. The fraction of sp³-hybridized carbons (Fsp3) is 0.192. The van der Waals surface area contributed by atoms with Gasteiger partial charge in [0.15, 0.2) is 0 Å². The van der Waals surface area contributed by atoms with E-state index in [4.69, 9.17) is 23.2 Å². The van der Waals surface area contributed by atoms with Crippen LogP contribution in [0.15, 0.2) is 35.2 Å². The van der Waals surface area contributed by atoms with Crippen molar-refractivity contribution in [1.82, 2.24) is 15.0 Å². The van der Waals surface area contributed by atoms with E-state index in [2.05, 4.69) is 30.9 Å². The van der Waals surface area contributed by atoms with Crippen molar-refractivity contribution in [3.05, 3.63) is 88.7 Å². The van der Waals surface area contributed by atoms with Gasteiger partial charge in [-0.1, -0.05) is 11.6 Å². The quantitative estimate of drug-likeness (QED) is 0.0806. The first-order valence-electron chi connectivity index (χ1n) is 12.5. The molecule has 0 aliphatic rings. The average molecular weight is 664 g/mol. The Morgan fingerprint density at radius 1 is 0.727 bits per heavy atom. The third-order valence-corrected chi connectivity index (χ3v) is 8.45. The summed E-state index contributed by atoms with van der Waals surface area (Å²) in [5.41, 5.74) is 4.19. The van der Waals surface area contributed by atoms with Gasteiger partial charge >= 0.3 is 0 Å². The van der Waals surface area contributed by atoms with Crippen LogP contribution in [0, 0.1) is 54.8 Å². The number of rotatable bonds is 9. The van der Waals surface area contributed by atoms with Gasteiger partial charge < -0.3 is 16.0 Å². The first kappa shape index (κ1) is 32.3. The highest BCUT2D eigenvalue weighted by Gasteiger charge is 2.25. The van der Waals surface area contributed by atoms with Crippen molar-refractivity contribution in [2.45, 2.75) is 39.5 Å². The summed E-state index contributed by atoms with van der Waals surface area (Å²) in [6.45, 7) is 9.93. The van der Waals surface area contributed by atoms with E-state index in [-0.39, 0.29) is 34.2 Å². The van der Waals surface area contributed by atoms with Gasteiger partial charge in [-0.25, -0.2) is 0 Å². The third-order valence-electron chi connectivity index (χ3n) is 7.09. The van der Waals surface area contributed by atoms with Crippen LogP contribution < -0.4 is 16.0 Å². The normalized spacial score (nSPS) is 11.3. The monoisotopic (exact) mass is 662 g/mol. The molecule has 18 heteroatoms. The summed E-state index contributed by atoms with van der Waals surface area (Å²) < 4.78 is 34.6. The highest BCUT2D eigenvalue weighted by atomic mass is 35.5. The second-order valence-corrected chi connectivity index (χ2v) is 11.8. The molecule has 3 aromatic carbocycles. The van der Waals surface area contributed by atoms with Crippen LogP contribution in [0.25, 0.3) is 0 Å². The van der Waals surface area contributed by atoms with Gasteiger partial charge in [0.25, 0.3) is 21.5 Å². The van der Waals surface area contributed by atoms with Crippen LogP contribution in [0.4, 0.5) is 46.0 Å². The number of halogens is 2. The molecule has 1 aromatic heterocycles. The summed E-state index contributed by atoms with van der Waals surface area (Å²) in [4.78, 5) is 32.7. The minimum Gasteiger partial charge on any atom is -0.350 e. The summed E-state index contributed by atoms with van der Waals surface area (Å²) in [5, 5.41) is 30.6. The zero-order chi connectivity index (χ0) is 32.7. The first-order chi connectivity index (χ1) is 20.5. The average Bonchev–Trinajstić information content (AvgIpc) is 2.93. The second kappa shape index (κ2) is 12.2. The van der Waals surface area contributed by atoms with E-state index in [1.807, 2.05) is 34.6 Å². The number of nitrogens with zero attached hydrogens (tertiary/aromatic N) is 5. The number of nitro groups is 2.